The van der Waals surface area contributed by atoms with Gasteiger partial charge in [-0.3, -0.25) is 9.36 Å². The predicted molar refractivity (Wildman–Crippen MR) is 154 cm³/mol. The van der Waals surface area contributed by atoms with Crippen molar-refractivity contribution >= 4 is 33.4 Å². The molecule has 4 aromatic rings. The van der Waals surface area contributed by atoms with Crippen LogP contribution in [0.3, 0.4) is 0 Å². The molecular formula is C28H29N5O5S2. The molecule has 0 saturated carbocycles. The first-order valence-corrected chi connectivity index (χ1v) is 15.1. The largest absolute Gasteiger partial charge is 0.493 e. The van der Waals surface area contributed by atoms with Gasteiger partial charge < -0.3 is 14.8 Å². The van der Waals surface area contributed by atoms with Crippen LogP contribution < -0.4 is 14.8 Å². The summed E-state index contributed by atoms with van der Waals surface area (Å²) in [4.78, 5) is 13.0. The average molecular weight is 580 g/mol. The van der Waals surface area contributed by atoms with E-state index in [0.29, 0.717) is 46.8 Å². The molecular weight excluding hydrogens is 550 g/mol. The second-order valence-electron chi connectivity index (χ2n) is 9.02. The van der Waals surface area contributed by atoms with Crippen molar-refractivity contribution < 1.29 is 22.7 Å². The zero-order valence-corrected chi connectivity index (χ0v) is 23.7. The van der Waals surface area contributed by atoms with Gasteiger partial charge in [-0.25, -0.2) is 8.42 Å². The van der Waals surface area contributed by atoms with Crippen molar-refractivity contribution in [2.45, 2.75) is 22.9 Å². The monoisotopic (exact) mass is 579 g/mol. The second-order valence-corrected chi connectivity index (χ2v) is 11.9. The molecule has 1 amide bonds. The van der Waals surface area contributed by atoms with E-state index in [-0.39, 0.29) is 16.6 Å². The maximum absolute atomic E-state index is 13.2. The normalized spacial score (nSPS) is 13.8. The van der Waals surface area contributed by atoms with Crippen LogP contribution in [0.1, 0.15) is 12.8 Å². The van der Waals surface area contributed by atoms with E-state index in [1.54, 1.807) is 43.5 Å². The first-order valence-electron chi connectivity index (χ1n) is 12.7. The van der Waals surface area contributed by atoms with Crippen LogP contribution in [0.4, 0.5) is 5.69 Å². The third kappa shape index (κ3) is 5.83. The molecule has 1 aromatic heterocycles. The highest BCUT2D eigenvalue weighted by Gasteiger charge is 2.28. The van der Waals surface area contributed by atoms with Gasteiger partial charge in [0, 0.05) is 36.1 Å². The number of aromatic nitrogens is 3. The number of methoxy groups -OCH3 is 2. The molecule has 12 heteroatoms. The van der Waals surface area contributed by atoms with Crippen LogP contribution in [-0.2, 0) is 14.8 Å². The number of ether oxygens (including phenoxy) is 2. The molecule has 10 nitrogen and oxygen atoms in total. The standard InChI is InChI=1S/C28H29N5O5S2/c1-37-24-14-13-21(18-25(24)38-2)29-26(34)19-39-28-31-30-27(33(28)22-10-4-3-5-11-22)20-9-8-12-23(17-20)40(35,36)32-15-6-7-16-32/h3-5,8-14,17-18H,6-7,15-16,19H2,1-2H3,(H,29,34). The number of sulfonamides is 1. The number of hydrogen-bond donors (Lipinski definition) is 1. The lowest BCUT2D eigenvalue weighted by Crippen LogP contribution is -2.27. The summed E-state index contributed by atoms with van der Waals surface area (Å²) in [5.41, 5.74) is 1.97. The average Bonchev–Trinajstić information content (AvgIpc) is 3.68. The quantitative estimate of drug-likeness (QED) is 0.274. The molecule has 0 radical (unpaired) electrons. The van der Waals surface area contributed by atoms with Crippen molar-refractivity contribution in [1.82, 2.24) is 19.1 Å². The number of benzene rings is 3. The summed E-state index contributed by atoms with van der Waals surface area (Å²) in [5.74, 6) is 1.39. The molecule has 0 aliphatic carbocycles. The number of rotatable bonds is 10. The number of thioether (sulfide) groups is 1. The molecule has 40 heavy (non-hydrogen) atoms. The van der Waals surface area contributed by atoms with Gasteiger partial charge in [0.25, 0.3) is 0 Å². The van der Waals surface area contributed by atoms with Crippen LogP contribution in [0.5, 0.6) is 11.5 Å². The summed E-state index contributed by atoms with van der Waals surface area (Å²) in [6, 6.07) is 21.4. The van der Waals surface area contributed by atoms with Gasteiger partial charge in [-0.05, 0) is 49.2 Å². The molecule has 5 rings (SSSR count). The first kappa shape index (κ1) is 27.7. The smallest absolute Gasteiger partial charge is 0.243 e. The Balaban J connectivity index is 1.41. The van der Waals surface area contributed by atoms with Crippen molar-refractivity contribution in [3.8, 4) is 28.6 Å². The number of para-hydroxylation sites is 1. The molecule has 0 atom stereocenters. The van der Waals surface area contributed by atoms with E-state index >= 15 is 0 Å². The molecule has 0 bridgehead atoms. The number of amides is 1. The summed E-state index contributed by atoms with van der Waals surface area (Å²) < 4.78 is 40.3. The minimum atomic E-state index is -3.60. The number of hydrogen-bond acceptors (Lipinski definition) is 8. The molecule has 3 aromatic carbocycles. The highest BCUT2D eigenvalue weighted by molar-refractivity contribution is 7.99. The first-order chi connectivity index (χ1) is 19.4. The Labute approximate surface area is 237 Å². The third-order valence-electron chi connectivity index (χ3n) is 6.44. The fraction of sp³-hybridized carbons (Fsp3) is 0.250. The van der Waals surface area contributed by atoms with Crippen LogP contribution in [0.25, 0.3) is 17.1 Å². The van der Waals surface area contributed by atoms with Crippen LogP contribution in [0.15, 0.2) is 82.8 Å². The summed E-state index contributed by atoms with van der Waals surface area (Å²) in [6.07, 6.45) is 1.73. The van der Waals surface area contributed by atoms with E-state index in [9.17, 15) is 13.2 Å². The van der Waals surface area contributed by atoms with E-state index in [2.05, 4.69) is 15.5 Å². The molecule has 0 spiro atoms. The minimum Gasteiger partial charge on any atom is -0.493 e. The predicted octanol–water partition coefficient (Wildman–Crippen LogP) is 4.47. The van der Waals surface area contributed by atoms with Gasteiger partial charge in [0.2, 0.25) is 15.9 Å². The molecule has 1 fully saturated rings. The Bertz CT molecular complexity index is 1600. The van der Waals surface area contributed by atoms with Crippen LogP contribution >= 0.6 is 11.8 Å². The Kier molecular flexibility index (Phi) is 8.38. The number of carbonyl (C=O) groups excluding carboxylic acids is 1. The molecule has 1 aliphatic rings. The van der Waals surface area contributed by atoms with Crippen LogP contribution in [-0.4, -0.2) is 66.5 Å². The molecule has 208 valence electrons. The van der Waals surface area contributed by atoms with Gasteiger partial charge in [-0.1, -0.05) is 42.1 Å². The summed E-state index contributed by atoms with van der Waals surface area (Å²) in [5, 5.41) is 12.1. The molecule has 1 saturated heterocycles. The molecule has 1 aliphatic heterocycles. The fourth-order valence-corrected chi connectivity index (χ4v) is 6.79. The fourth-order valence-electron chi connectivity index (χ4n) is 4.47. The number of nitrogens with zero attached hydrogens (tertiary/aromatic N) is 4. The van der Waals surface area contributed by atoms with Crippen molar-refractivity contribution in [1.29, 1.82) is 0 Å². The van der Waals surface area contributed by atoms with E-state index in [1.807, 2.05) is 41.0 Å². The van der Waals surface area contributed by atoms with Crippen molar-refractivity contribution in [3.05, 3.63) is 72.8 Å². The van der Waals surface area contributed by atoms with Crippen LogP contribution in [0.2, 0.25) is 0 Å². The van der Waals surface area contributed by atoms with Gasteiger partial charge in [-0.15, -0.1) is 10.2 Å². The third-order valence-corrected chi connectivity index (χ3v) is 9.27. The van der Waals surface area contributed by atoms with E-state index in [0.717, 1.165) is 18.5 Å². The lowest BCUT2D eigenvalue weighted by atomic mass is 10.2. The Morgan fingerprint density at radius 3 is 2.40 bits per heavy atom. The molecule has 1 N–H and O–H groups in total. The van der Waals surface area contributed by atoms with Gasteiger partial charge >= 0.3 is 0 Å². The zero-order chi connectivity index (χ0) is 28.1. The lowest BCUT2D eigenvalue weighted by Gasteiger charge is -2.16. The minimum absolute atomic E-state index is 0.0721. The van der Waals surface area contributed by atoms with E-state index in [4.69, 9.17) is 9.47 Å². The molecule has 0 unspecified atom stereocenters. The Morgan fingerprint density at radius 1 is 0.925 bits per heavy atom. The maximum atomic E-state index is 13.2. The van der Waals surface area contributed by atoms with E-state index in [1.165, 1.54) is 23.2 Å². The summed E-state index contributed by atoms with van der Waals surface area (Å²) in [6.45, 7) is 1.05. The summed E-state index contributed by atoms with van der Waals surface area (Å²) >= 11 is 1.23. The van der Waals surface area contributed by atoms with Crippen molar-refractivity contribution in [3.63, 3.8) is 0 Å². The Morgan fingerprint density at radius 2 is 1.68 bits per heavy atom. The van der Waals surface area contributed by atoms with Crippen molar-refractivity contribution in [2.24, 2.45) is 0 Å². The van der Waals surface area contributed by atoms with Crippen LogP contribution in [0, 0.1) is 0 Å². The van der Waals surface area contributed by atoms with Crippen molar-refractivity contribution in [2.75, 3.05) is 38.4 Å². The van der Waals surface area contributed by atoms with Gasteiger partial charge in [0.1, 0.15) is 0 Å². The zero-order valence-electron chi connectivity index (χ0n) is 22.1. The maximum Gasteiger partial charge on any atom is 0.243 e. The highest BCUT2D eigenvalue weighted by Crippen LogP contribution is 2.32. The van der Waals surface area contributed by atoms with E-state index < -0.39 is 10.0 Å². The lowest BCUT2D eigenvalue weighted by molar-refractivity contribution is -0.113. The topological polar surface area (TPSA) is 116 Å². The second kappa shape index (κ2) is 12.1. The number of anilines is 1. The highest BCUT2D eigenvalue weighted by atomic mass is 32.2. The van der Waals surface area contributed by atoms with Gasteiger partial charge in [0.05, 0.1) is 24.9 Å². The van der Waals surface area contributed by atoms with Gasteiger partial charge in [-0.2, -0.15) is 4.31 Å². The Hall–Kier alpha value is -3.87. The van der Waals surface area contributed by atoms with Gasteiger partial charge in [0.15, 0.2) is 22.5 Å². The summed E-state index contributed by atoms with van der Waals surface area (Å²) in [7, 11) is -0.519. The number of carbonyl (C=O) groups is 1. The number of nitrogens with one attached hydrogen (secondary N) is 1. The SMILES string of the molecule is COc1ccc(NC(=O)CSc2nnc(-c3cccc(S(=O)(=O)N4CCCC4)c3)n2-c2ccccc2)cc1OC. The molecule has 2 heterocycles.